The first-order valence-electron chi connectivity index (χ1n) is 7.51. The molecule has 134 valence electrons. The molecule has 3 amide bonds. The maximum Gasteiger partial charge on any atom is 0.324 e. The van der Waals surface area contributed by atoms with E-state index in [1.165, 1.54) is 26.3 Å². The van der Waals surface area contributed by atoms with Crippen LogP contribution in [0.25, 0.3) is 0 Å². The molecule has 0 saturated heterocycles. The van der Waals surface area contributed by atoms with Gasteiger partial charge in [0.15, 0.2) is 11.5 Å². The molecule has 1 rings (SSSR count). The van der Waals surface area contributed by atoms with Crippen LogP contribution in [0.3, 0.4) is 0 Å². The van der Waals surface area contributed by atoms with Gasteiger partial charge in [-0.1, -0.05) is 11.6 Å². The van der Waals surface area contributed by atoms with E-state index in [4.69, 9.17) is 21.1 Å². The highest BCUT2D eigenvalue weighted by atomic mass is 35.5. The van der Waals surface area contributed by atoms with E-state index in [9.17, 15) is 14.7 Å². The van der Waals surface area contributed by atoms with Gasteiger partial charge in [0.05, 0.1) is 23.8 Å². The number of carbonyl (C=O) groups is 2. The Kier molecular flexibility index (Phi) is 7.81. The molecule has 8 heteroatoms. The zero-order valence-corrected chi connectivity index (χ0v) is 15.0. The molecule has 7 nitrogen and oxygen atoms in total. The van der Waals surface area contributed by atoms with Crippen molar-refractivity contribution in [2.75, 3.05) is 27.3 Å². The number of carbonyl (C=O) groups excluding carboxylic acids is 2. The van der Waals surface area contributed by atoms with Gasteiger partial charge in [-0.25, -0.2) is 4.79 Å². The molecule has 0 radical (unpaired) electrons. The van der Waals surface area contributed by atoms with Gasteiger partial charge in [-0.15, -0.1) is 0 Å². The lowest BCUT2D eigenvalue weighted by Crippen LogP contribution is -2.41. The van der Waals surface area contributed by atoms with Gasteiger partial charge in [-0.05, 0) is 26.3 Å². The van der Waals surface area contributed by atoms with Crippen molar-refractivity contribution in [1.82, 2.24) is 10.2 Å². The van der Waals surface area contributed by atoms with Gasteiger partial charge < -0.3 is 19.9 Å². The number of urea groups is 1. The number of methoxy groups -OCH3 is 1. The van der Waals surface area contributed by atoms with E-state index in [2.05, 4.69) is 5.32 Å². The Bertz CT molecular complexity index is 592. The fraction of sp³-hybridized carbons (Fsp3) is 0.500. The summed E-state index contributed by atoms with van der Waals surface area (Å²) in [4.78, 5) is 25.2. The van der Waals surface area contributed by atoms with Crippen LogP contribution in [0.15, 0.2) is 12.1 Å². The molecule has 0 bridgehead atoms. The third-order valence-corrected chi connectivity index (χ3v) is 3.47. The Morgan fingerprint density at radius 3 is 2.62 bits per heavy atom. The summed E-state index contributed by atoms with van der Waals surface area (Å²) in [6, 6.07) is 1.93. The number of imide groups is 1. The summed E-state index contributed by atoms with van der Waals surface area (Å²) in [5, 5.41) is 12.5. The molecule has 1 aromatic carbocycles. The van der Waals surface area contributed by atoms with Crippen LogP contribution in [0, 0.1) is 0 Å². The minimum Gasteiger partial charge on any atom is -0.504 e. The van der Waals surface area contributed by atoms with Crippen LogP contribution in [0.2, 0.25) is 5.02 Å². The first-order chi connectivity index (χ1) is 11.3. The average molecular weight is 359 g/mol. The van der Waals surface area contributed by atoms with Gasteiger partial charge in [0, 0.05) is 26.3 Å². The number of hydrogen-bond acceptors (Lipinski definition) is 5. The van der Waals surface area contributed by atoms with E-state index >= 15 is 0 Å². The maximum absolute atomic E-state index is 12.3. The largest absolute Gasteiger partial charge is 0.504 e. The number of halogens is 1. The lowest BCUT2D eigenvalue weighted by Gasteiger charge is -2.18. The summed E-state index contributed by atoms with van der Waals surface area (Å²) >= 11 is 6.01. The standard InChI is InChI=1S/C16H23ClN2O5/c1-10(2)24-7-5-6-18-16(22)19(3)15(21)11-8-13(20)14(23-4)9-12(11)17/h8-10,20H,5-7H2,1-4H3,(H,18,22). The third kappa shape index (κ3) is 5.58. The number of aromatic hydroxyl groups is 1. The molecule has 0 unspecified atom stereocenters. The smallest absolute Gasteiger partial charge is 0.324 e. The Morgan fingerprint density at radius 2 is 2.04 bits per heavy atom. The molecule has 0 aliphatic carbocycles. The molecule has 0 spiro atoms. The average Bonchev–Trinajstić information content (AvgIpc) is 2.54. The summed E-state index contributed by atoms with van der Waals surface area (Å²) in [7, 11) is 2.70. The molecule has 0 fully saturated rings. The number of hydrogen-bond donors (Lipinski definition) is 2. The Hall–Kier alpha value is -1.99. The Balaban J connectivity index is 2.64. The first kappa shape index (κ1) is 20.1. The van der Waals surface area contributed by atoms with Crippen LogP contribution < -0.4 is 10.1 Å². The van der Waals surface area contributed by atoms with Crippen molar-refractivity contribution in [2.45, 2.75) is 26.4 Å². The SMILES string of the molecule is COc1cc(Cl)c(C(=O)N(C)C(=O)NCCCOC(C)C)cc1O. The van der Waals surface area contributed by atoms with E-state index in [-0.39, 0.29) is 28.2 Å². The highest BCUT2D eigenvalue weighted by molar-refractivity contribution is 6.34. The number of nitrogens with one attached hydrogen (secondary N) is 1. The van der Waals surface area contributed by atoms with E-state index in [1.807, 2.05) is 13.8 Å². The van der Waals surface area contributed by atoms with Crippen molar-refractivity contribution in [3.63, 3.8) is 0 Å². The van der Waals surface area contributed by atoms with Crippen LogP contribution in [-0.2, 0) is 4.74 Å². The third-order valence-electron chi connectivity index (χ3n) is 3.16. The molecule has 0 aliphatic rings. The van der Waals surface area contributed by atoms with E-state index in [0.29, 0.717) is 19.6 Å². The second-order valence-electron chi connectivity index (χ2n) is 5.37. The van der Waals surface area contributed by atoms with Crippen LogP contribution in [0.4, 0.5) is 4.79 Å². The molecule has 2 N–H and O–H groups in total. The van der Waals surface area contributed by atoms with E-state index in [1.54, 1.807) is 0 Å². The minimum atomic E-state index is -0.631. The minimum absolute atomic E-state index is 0.00996. The van der Waals surface area contributed by atoms with Crippen molar-refractivity contribution >= 4 is 23.5 Å². The number of nitrogens with zero attached hydrogens (tertiary/aromatic N) is 1. The molecule has 0 aliphatic heterocycles. The summed E-state index contributed by atoms with van der Waals surface area (Å²) < 4.78 is 10.3. The van der Waals surface area contributed by atoms with Gasteiger partial charge in [-0.3, -0.25) is 9.69 Å². The molecule has 0 atom stereocenters. The number of amides is 3. The van der Waals surface area contributed by atoms with Crippen molar-refractivity contribution in [3.05, 3.63) is 22.7 Å². The fourth-order valence-electron chi connectivity index (χ4n) is 1.85. The summed E-state index contributed by atoms with van der Waals surface area (Å²) in [6.07, 6.45) is 0.769. The normalized spacial score (nSPS) is 10.6. The Labute approximate surface area is 146 Å². The predicted octanol–water partition coefficient (Wildman–Crippen LogP) is 2.65. The number of phenols is 1. The highest BCUT2D eigenvalue weighted by Crippen LogP contribution is 2.32. The quantitative estimate of drug-likeness (QED) is 0.731. The maximum atomic E-state index is 12.3. The predicted molar refractivity (Wildman–Crippen MR) is 90.9 cm³/mol. The molecule has 0 aromatic heterocycles. The lowest BCUT2D eigenvalue weighted by molar-refractivity contribution is 0.0766. The summed E-state index contributed by atoms with van der Waals surface area (Å²) in [5.41, 5.74) is 0.00996. The second kappa shape index (κ2) is 9.34. The molecular weight excluding hydrogens is 336 g/mol. The zero-order valence-electron chi connectivity index (χ0n) is 14.3. The fourth-order valence-corrected chi connectivity index (χ4v) is 2.08. The van der Waals surface area contributed by atoms with Crippen molar-refractivity contribution in [3.8, 4) is 11.5 Å². The monoisotopic (exact) mass is 358 g/mol. The van der Waals surface area contributed by atoms with Crippen LogP contribution in [0.5, 0.6) is 11.5 Å². The number of phenolic OH excluding ortho intramolecular Hbond substituents is 1. The van der Waals surface area contributed by atoms with Gasteiger partial charge in [0.1, 0.15) is 0 Å². The van der Waals surface area contributed by atoms with Crippen molar-refractivity contribution in [2.24, 2.45) is 0 Å². The van der Waals surface area contributed by atoms with Crippen LogP contribution in [0.1, 0.15) is 30.6 Å². The molecule has 0 heterocycles. The van der Waals surface area contributed by atoms with Crippen LogP contribution in [-0.4, -0.2) is 55.4 Å². The van der Waals surface area contributed by atoms with Gasteiger partial charge in [-0.2, -0.15) is 0 Å². The second-order valence-corrected chi connectivity index (χ2v) is 5.78. The van der Waals surface area contributed by atoms with Gasteiger partial charge in [0.25, 0.3) is 5.91 Å². The number of rotatable bonds is 7. The van der Waals surface area contributed by atoms with Crippen LogP contribution >= 0.6 is 11.6 Å². The summed E-state index contributed by atoms with van der Waals surface area (Å²) in [5.74, 6) is -0.715. The van der Waals surface area contributed by atoms with Gasteiger partial charge in [0.2, 0.25) is 0 Å². The van der Waals surface area contributed by atoms with E-state index in [0.717, 1.165) is 4.90 Å². The Morgan fingerprint density at radius 1 is 1.38 bits per heavy atom. The molecule has 1 aromatic rings. The zero-order chi connectivity index (χ0) is 18.3. The topological polar surface area (TPSA) is 88.1 Å². The van der Waals surface area contributed by atoms with E-state index < -0.39 is 11.9 Å². The highest BCUT2D eigenvalue weighted by Gasteiger charge is 2.22. The molecular formula is C16H23ClN2O5. The molecule has 0 saturated carbocycles. The summed E-state index contributed by atoms with van der Waals surface area (Å²) in [6.45, 7) is 4.76. The van der Waals surface area contributed by atoms with Crippen molar-refractivity contribution < 1.29 is 24.2 Å². The van der Waals surface area contributed by atoms with Crippen molar-refractivity contribution in [1.29, 1.82) is 0 Å². The molecule has 24 heavy (non-hydrogen) atoms. The number of benzene rings is 1. The van der Waals surface area contributed by atoms with Gasteiger partial charge >= 0.3 is 6.03 Å². The number of ether oxygens (including phenoxy) is 2. The first-order valence-corrected chi connectivity index (χ1v) is 7.89. The lowest BCUT2D eigenvalue weighted by atomic mass is 10.1.